The number of nitrogens with zero attached hydrogens (tertiary/aromatic N) is 1. The molecule has 0 saturated carbocycles. The fourth-order valence-corrected chi connectivity index (χ4v) is 2.40. The molecule has 0 unspecified atom stereocenters. The predicted molar refractivity (Wildman–Crippen MR) is 102 cm³/mol. The van der Waals surface area contributed by atoms with Crippen LogP contribution in [0.2, 0.25) is 0 Å². The highest BCUT2D eigenvalue weighted by Gasteiger charge is 2.13. The van der Waals surface area contributed by atoms with Crippen LogP contribution in [0.4, 0.5) is 11.4 Å². The highest BCUT2D eigenvalue weighted by atomic mass is 16.6. The molecule has 9 nitrogen and oxygen atoms in total. The minimum Gasteiger partial charge on any atom is -0.486 e. The molecule has 1 heterocycles. The first kappa shape index (κ1) is 19.6. The molecule has 1 amide bonds. The maximum atomic E-state index is 12.2. The largest absolute Gasteiger partial charge is 0.486 e. The molecule has 0 atom stereocenters. The standard InChI is InChI=1S/C20H16N2O7/c1-27-20(24)13-2-8-16(9-3-13)28-12-17-10-11-18(29-17)19(23)21-14-4-6-15(7-5-14)22(25)26/h2-11H,12H2,1H3,(H,21,23). The van der Waals surface area contributed by atoms with Gasteiger partial charge in [-0.05, 0) is 48.5 Å². The summed E-state index contributed by atoms with van der Waals surface area (Å²) in [6.07, 6.45) is 0. The lowest BCUT2D eigenvalue weighted by Crippen LogP contribution is -2.10. The van der Waals surface area contributed by atoms with Crippen molar-refractivity contribution < 1.29 is 28.4 Å². The number of ether oxygens (including phenoxy) is 2. The molecular formula is C20H16N2O7. The van der Waals surface area contributed by atoms with Crippen molar-refractivity contribution >= 4 is 23.3 Å². The molecule has 0 fully saturated rings. The second-order valence-electron chi connectivity index (χ2n) is 5.83. The summed E-state index contributed by atoms with van der Waals surface area (Å²) in [5, 5.41) is 13.2. The van der Waals surface area contributed by atoms with Crippen molar-refractivity contribution in [3.8, 4) is 5.75 Å². The van der Waals surface area contributed by atoms with Crippen molar-refractivity contribution in [2.24, 2.45) is 0 Å². The molecule has 1 aromatic heterocycles. The first-order valence-corrected chi connectivity index (χ1v) is 8.42. The summed E-state index contributed by atoms with van der Waals surface area (Å²) in [4.78, 5) is 33.8. The van der Waals surface area contributed by atoms with Crippen LogP contribution in [-0.4, -0.2) is 23.9 Å². The Hall–Kier alpha value is -4.14. The van der Waals surface area contributed by atoms with Crippen LogP contribution in [0.1, 0.15) is 26.7 Å². The number of carbonyl (C=O) groups excluding carboxylic acids is 2. The van der Waals surface area contributed by atoms with Crippen LogP contribution < -0.4 is 10.1 Å². The van der Waals surface area contributed by atoms with E-state index in [2.05, 4.69) is 10.1 Å². The lowest BCUT2D eigenvalue weighted by Gasteiger charge is -2.05. The van der Waals surface area contributed by atoms with E-state index in [0.717, 1.165) is 0 Å². The molecule has 3 rings (SSSR count). The average Bonchev–Trinajstić information content (AvgIpc) is 3.22. The van der Waals surface area contributed by atoms with E-state index < -0.39 is 16.8 Å². The van der Waals surface area contributed by atoms with Crippen molar-refractivity contribution in [2.45, 2.75) is 6.61 Å². The van der Waals surface area contributed by atoms with E-state index in [1.54, 1.807) is 30.3 Å². The minimum atomic E-state index is -0.520. The van der Waals surface area contributed by atoms with E-state index >= 15 is 0 Å². The number of rotatable bonds is 7. The summed E-state index contributed by atoms with van der Waals surface area (Å²) in [6, 6.07) is 15.0. The van der Waals surface area contributed by atoms with Crippen molar-refractivity contribution in [3.05, 3.63) is 87.9 Å². The van der Waals surface area contributed by atoms with Crippen LogP contribution >= 0.6 is 0 Å². The number of non-ortho nitro benzene ring substituents is 1. The number of amides is 1. The van der Waals surface area contributed by atoms with Gasteiger partial charge in [-0.2, -0.15) is 0 Å². The first-order valence-electron chi connectivity index (χ1n) is 8.42. The van der Waals surface area contributed by atoms with Gasteiger partial charge in [0.2, 0.25) is 0 Å². The van der Waals surface area contributed by atoms with E-state index in [0.29, 0.717) is 22.8 Å². The number of esters is 1. The third-order valence-corrected chi connectivity index (χ3v) is 3.88. The summed E-state index contributed by atoms with van der Waals surface area (Å²) in [5.74, 6) is 0.0867. The number of hydrogen-bond acceptors (Lipinski definition) is 7. The van der Waals surface area contributed by atoms with Crippen molar-refractivity contribution in [2.75, 3.05) is 12.4 Å². The Labute approximate surface area is 165 Å². The van der Waals surface area contributed by atoms with E-state index in [1.165, 1.54) is 37.4 Å². The number of methoxy groups -OCH3 is 1. The van der Waals surface area contributed by atoms with E-state index in [-0.39, 0.29) is 18.1 Å². The average molecular weight is 396 g/mol. The van der Waals surface area contributed by atoms with Crippen molar-refractivity contribution in [3.63, 3.8) is 0 Å². The van der Waals surface area contributed by atoms with Gasteiger partial charge in [0.1, 0.15) is 18.1 Å². The zero-order valence-electron chi connectivity index (χ0n) is 15.3. The van der Waals surface area contributed by atoms with Gasteiger partial charge in [-0.3, -0.25) is 14.9 Å². The van der Waals surface area contributed by atoms with Gasteiger partial charge in [0, 0.05) is 17.8 Å². The van der Waals surface area contributed by atoms with Crippen LogP contribution in [0, 0.1) is 10.1 Å². The molecule has 9 heteroatoms. The number of nitrogens with one attached hydrogen (secondary N) is 1. The number of carbonyl (C=O) groups is 2. The zero-order chi connectivity index (χ0) is 20.8. The number of benzene rings is 2. The SMILES string of the molecule is COC(=O)c1ccc(OCc2ccc(C(=O)Nc3ccc([N+](=O)[O-])cc3)o2)cc1. The lowest BCUT2D eigenvalue weighted by molar-refractivity contribution is -0.384. The van der Waals surface area contributed by atoms with Crippen LogP contribution in [0.15, 0.2) is 65.1 Å². The second-order valence-corrected chi connectivity index (χ2v) is 5.83. The van der Waals surface area contributed by atoms with Gasteiger partial charge in [0.05, 0.1) is 17.6 Å². The fourth-order valence-electron chi connectivity index (χ4n) is 2.40. The minimum absolute atomic E-state index is 0.0694. The molecule has 0 saturated heterocycles. The van der Waals surface area contributed by atoms with Crippen LogP contribution in [0.3, 0.4) is 0 Å². The Bertz CT molecular complexity index is 1020. The quantitative estimate of drug-likeness (QED) is 0.366. The fraction of sp³-hybridized carbons (Fsp3) is 0.100. The molecule has 0 aliphatic carbocycles. The predicted octanol–water partition coefficient (Wildman–Crippen LogP) is 3.81. The number of anilines is 1. The monoisotopic (exact) mass is 396 g/mol. The maximum Gasteiger partial charge on any atom is 0.337 e. The highest BCUT2D eigenvalue weighted by molar-refractivity contribution is 6.02. The number of furan rings is 1. The van der Waals surface area contributed by atoms with Gasteiger partial charge >= 0.3 is 5.97 Å². The molecule has 2 aromatic carbocycles. The van der Waals surface area contributed by atoms with Crippen LogP contribution in [0.5, 0.6) is 5.75 Å². The van der Waals surface area contributed by atoms with Gasteiger partial charge in [0.15, 0.2) is 5.76 Å². The smallest absolute Gasteiger partial charge is 0.337 e. The van der Waals surface area contributed by atoms with E-state index in [1.807, 2.05) is 0 Å². The number of hydrogen-bond donors (Lipinski definition) is 1. The van der Waals surface area contributed by atoms with E-state index in [4.69, 9.17) is 9.15 Å². The molecule has 0 aliphatic rings. The molecule has 1 N–H and O–H groups in total. The third kappa shape index (κ3) is 4.98. The second kappa shape index (κ2) is 8.70. The first-order chi connectivity index (χ1) is 14.0. The Morgan fingerprint density at radius 3 is 2.34 bits per heavy atom. The van der Waals surface area contributed by atoms with Crippen LogP contribution in [0.25, 0.3) is 0 Å². The summed E-state index contributed by atoms with van der Waals surface area (Å²) in [6.45, 7) is 0.0857. The zero-order valence-corrected chi connectivity index (χ0v) is 15.3. The maximum absolute atomic E-state index is 12.2. The molecule has 148 valence electrons. The molecule has 29 heavy (non-hydrogen) atoms. The summed E-state index contributed by atoms with van der Waals surface area (Å²) in [5.41, 5.74) is 0.739. The normalized spacial score (nSPS) is 10.2. The topological polar surface area (TPSA) is 121 Å². The van der Waals surface area contributed by atoms with Gasteiger partial charge in [-0.15, -0.1) is 0 Å². The number of nitro benzene ring substituents is 1. The van der Waals surface area contributed by atoms with E-state index in [9.17, 15) is 19.7 Å². The Morgan fingerprint density at radius 2 is 1.72 bits per heavy atom. The Balaban J connectivity index is 1.56. The Morgan fingerprint density at radius 1 is 1.03 bits per heavy atom. The molecule has 0 aliphatic heterocycles. The van der Waals surface area contributed by atoms with Gasteiger partial charge < -0.3 is 19.2 Å². The molecule has 0 bridgehead atoms. The summed E-state index contributed by atoms with van der Waals surface area (Å²) in [7, 11) is 1.30. The van der Waals surface area contributed by atoms with Gasteiger partial charge in [0.25, 0.3) is 11.6 Å². The summed E-state index contributed by atoms with van der Waals surface area (Å²) < 4.78 is 15.7. The van der Waals surface area contributed by atoms with Gasteiger partial charge in [-0.1, -0.05) is 0 Å². The third-order valence-electron chi connectivity index (χ3n) is 3.88. The highest BCUT2D eigenvalue weighted by Crippen LogP contribution is 2.18. The molecule has 3 aromatic rings. The van der Waals surface area contributed by atoms with Crippen molar-refractivity contribution in [1.29, 1.82) is 0 Å². The Kier molecular flexibility index (Phi) is 5.88. The summed E-state index contributed by atoms with van der Waals surface area (Å²) >= 11 is 0. The molecular weight excluding hydrogens is 380 g/mol. The molecule has 0 spiro atoms. The number of nitro groups is 1. The van der Waals surface area contributed by atoms with Crippen LogP contribution in [-0.2, 0) is 11.3 Å². The lowest BCUT2D eigenvalue weighted by atomic mass is 10.2. The molecule has 0 radical (unpaired) electrons. The van der Waals surface area contributed by atoms with Crippen molar-refractivity contribution in [1.82, 2.24) is 0 Å². The van der Waals surface area contributed by atoms with Gasteiger partial charge in [-0.25, -0.2) is 4.79 Å².